The number of benzene rings is 1. The van der Waals surface area contributed by atoms with E-state index in [2.05, 4.69) is 60.2 Å². The Morgan fingerprint density at radius 3 is 2.67 bits per heavy atom. The van der Waals surface area contributed by atoms with Crippen molar-refractivity contribution >= 4 is 34.4 Å². The molecule has 1 aliphatic rings. The summed E-state index contributed by atoms with van der Waals surface area (Å²) in [5.74, 6) is 0. The first-order valence-electron chi connectivity index (χ1n) is 8.63. The Balaban J connectivity index is 1.59. The highest BCUT2D eigenvalue weighted by molar-refractivity contribution is 7.80. The van der Waals surface area contributed by atoms with E-state index in [1.807, 2.05) is 11.3 Å². The van der Waals surface area contributed by atoms with Gasteiger partial charge in [0.15, 0.2) is 5.11 Å². The van der Waals surface area contributed by atoms with Crippen LogP contribution in [0.15, 0.2) is 35.7 Å². The van der Waals surface area contributed by atoms with Crippen molar-refractivity contribution in [3.8, 4) is 0 Å². The molecule has 1 fully saturated rings. The van der Waals surface area contributed by atoms with E-state index in [-0.39, 0.29) is 0 Å². The van der Waals surface area contributed by atoms with Crippen LogP contribution < -0.4 is 15.5 Å². The molecule has 0 bridgehead atoms. The number of hydrogen-bond acceptors (Lipinski definition) is 2. The second-order valence-corrected chi connectivity index (χ2v) is 7.95. The van der Waals surface area contributed by atoms with E-state index < -0.39 is 0 Å². The van der Waals surface area contributed by atoms with E-state index in [4.69, 9.17) is 12.2 Å². The highest BCUT2D eigenvalue weighted by atomic mass is 32.1. The molecule has 5 heteroatoms. The van der Waals surface area contributed by atoms with E-state index in [9.17, 15) is 0 Å². The predicted octanol–water partition coefficient (Wildman–Crippen LogP) is 3.07. The van der Waals surface area contributed by atoms with Gasteiger partial charge in [0.2, 0.25) is 0 Å². The summed E-state index contributed by atoms with van der Waals surface area (Å²) in [7, 11) is 0. The van der Waals surface area contributed by atoms with Crippen LogP contribution in [-0.4, -0.2) is 24.7 Å². The summed E-state index contributed by atoms with van der Waals surface area (Å²) in [6, 6.07) is 11.2. The van der Waals surface area contributed by atoms with Crippen molar-refractivity contribution in [1.82, 2.24) is 5.32 Å². The Kier molecular flexibility index (Phi) is 5.87. The Labute approximate surface area is 154 Å². The number of hydrogen-bond donors (Lipinski definition) is 3. The second-order valence-electron chi connectivity index (χ2n) is 6.57. The summed E-state index contributed by atoms with van der Waals surface area (Å²) in [6.07, 6.45) is 2.67. The lowest BCUT2D eigenvalue weighted by molar-refractivity contribution is -0.918. The third-order valence-corrected chi connectivity index (χ3v) is 6.09. The van der Waals surface area contributed by atoms with Gasteiger partial charge >= 0.3 is 0 Å². The fourth-order valence-corrected chi connectivity index (χ4v) is 4.39. The number of likely N-dealkylation sites (tertiary alicyclic amines) is 1. The summed E-state index contributed by atoms with van der Waals surface area (Å²) in [4.78, 5) is 3.13. The van der Waals surface area contributed by atoms with E-state index in [1.165, 1.54) is 41.9 Å². The van der Waals surface area contributed by atoms with Crippen LogP contribution in [0.3, 0.4) is 0 Å². The van der Waals surface area contributed by atoms with Gasteiger partial charge in [-0.05, 0) is 60.8 Å². The second kappa shape index (κ2) is 8.10. The minimum Gasteiger partial charge on any atom is -0.356 e. The first-order chi connectivity index (χ1) is 11.6. The molecule has 3 nitrogen and oxygen atoms in total. The van der Waals surface area contributed by atoms with Gasteiger partial charge in [-0.1, -0.05) is 12.1 Å². The molecule has 2 heterocycles. The van der Waals surface area contributed by atoms with Gasteiger partial charge in [-0.3, -0.25) is 0 Å². The molecule has 1 saturated heterocycles. The lowest BCUT2D eigenvalue weighted by atomic mass is 10.1. The standard InChI is InChI=1S/C19H25N3S2/c1-14-7-8-16(12-15(14)2)21-19(23)20-13-17(18-6-5-11-24-18)22-9-3-4-10-22/h5-8,11-12,17H,3-4,9-10,13H2,1-2H3,(H2,20,21,23)/p+1/t17-/m1/s1. The van der Waals surface area contributed by atoms with Crippen LogP contribution in [0.25, 0.3) is 0 Å². The number of thiocarbonyl (C=S) groups is 1. The number of aryl methyl sites for hydroxylation is 2. The zero-order chi connectivity index (χ0) is 16.9. The fourth-order valence-electron chi connectivity index (χ4n) is 3.30. The molecule has 0 radical (unpaired) electrons. The van der Waals surface area contributed by atoms with Crippen molar-refractivity contribution < 1.29 is 4.90 Å². The van der Waals surface area contributed by atoms with Gasteiger partial charge in [0.1, 0.15) is 6.04 Å². The summed E-state index contributed by atoms with van der Waals surface area (Å²) in [5, 5.41) is 9.63. The van der Waals surface area contributed by atoms with Gasteiger partial charge in [-0.25, -0.2) is 0 Å². The minimum atomic E-state index is 0.493. The van der Waals surface area contributed by atoms with Gasteiger partial charge < -0.3 is 15.5 Å². The lowest BCUT2D eigenvalue weighted by Gasteiger charge is -2.24. The third-order valence-electron chi connectivity index (χ3n) is 4.86. The van der Waals surface area contributed by atoms with Crippen LogP contribution in [0.5, 0.6) is 0 Å². The fraction of sp³-hybridized carbons (Fsp3) is 0.421. The number of thiophene rings is 1. The zero-order valence-corrected chi connectivity index (χ0v) is 16.0. The molecule has 1 aromatic heterocycles. The maximum Gasteiger partial charge on any atom is 0.171 e. The molecular weight excluding hydrogens is 334 g/mol. The van der Waals surface area contributed by atoms with Crippen LogP contribution in [0, 0.1) is 13.8 Å². The number of nitrogens with one attached hydrogen (secondary N) is 3. The summed E-state index contributed by atoms with van der Waals surface area (Å²) >= 11 is 7.36. The predicted molar refractivity (Wildman–Crippen MR) is 107 cm³/mol. The Morgan fingerprint density at radius 2 is 2.00 bits per heavy atom. The molecule has 0 aliphatic carbocycles. The maximum absolute atomic E-state index is 5.51. The average molecular weight is 361 g/mol. The van der Waals surface area contributed by atoms with E-state index in [0.29, 0.717) is 11.2 Å². The Morgan fingerprint density at radius 1 is 1.21 bits per heavy atom. The molecule has 0 unspecified atom stereocenters. The molecule has 3 N–H and O–H groups in total. The van der Waals surface area contributed by atoms with Gasteiger partial charge in [-0.2, -0.15) is 0 Å². The van der Waals surface area contributed by atoms with Crippen LogP contribution in [0.1, 0.15) is 34.9 Å². The quantitative estimate of drug-likeness (QED) is 0.716. The van der Waals surface area contributed by atoms with Gasteiger partial charge in [0.05, 0.1) is 24.5 Å². The van der Waals surface area contributed by atoms with Crippen LogP contribution >= 0.6 is 23.6 Å². The van der Waals surface area contributed by atoms with E-state index in [1.54, 1.807) is 4.90 Å². The van der Waals surface area contributed by atoms with Crippen molar-refractivity contribution in [3.05, 3.63) is 51.7 Å². The minimum absolute atomic E-state index is 0.493. The van der Waals surface area contributed by atoms with Gasteiger partial charge in [0.25, 0.3) is 0 Å². The summed E-state index contributed by atoms with van der Waals surface area (Å²) < 4.78 is 0. The molecule has 24 heavy (non-hydrogen) atoms. The highest BCUT2D eigenvalue weighted by Crippen LogP contribution is 2.17. The maximum atomic E-state index is 5.51. The lowest BCUT2D eigenvalue weighted by Crippen LogP contribution is -3.11. The Bertz CT molecular complexity index is 676. The molecule has 1 aliphatic heterocycles. The normalized spacial score (nSPS) is 16.1. The Hall–Kier alpha value is -1.43. The van der Waals surface area contributed by atoms with Crippen LogP contribution in [-0.2, 0) is 0 Å². The van der Waals surface area contributed by atoms with Gasteiger partial charge in [-0.15, -0.1) is 11.3 Å². The summed E-state index contributed by atoms with van der Waals surface area (Å²) in [5.41, 5.74) is 3.63. The largest absolute Gasteiger partial charge is 0.356 e. The number of rotatable bonds is 5. The SMILES string of the molecule is Cc1ccc(NC(=S)NC[C@H](c2cccs2)[NH+]2CCCC2)cc1C. The van der Waals surface area contributed by atoms with Crippen molar-refractivity contribution in [2.45, 2.75) is 32.7 Å². The first kappa shape index (κ1) is 17.4. The third kappa shape index (κ3) is 4.35. The molecular formula is C19H26N3S2+. The zero-order valence-electron chi connectivity index (χ0n) is 14.4. The smallest absolute Gasteiger partial charge is 0.171 e. The van der Waals surface area contributed by atoms with Crippen molar-refractivity contribution in [3.63, 3.8) is 0 Å². The van der Waals surface area contributed by atoms with Crippen molar-refractivity contribution in [2.24, 2.45) is 0 Å². The monoisotopic (exact) mass is 360 g/mol. The van der Waals surface area contributed by atoms with Crippen LogP contribution in [0.4, 0.5) is 5.69 Å². The number of anilines is 1. The van der Waals surface area contributed by atoms with E-state index >= 15 is 0 Å². The molecule has 2 aromatic rings. The number of quaternary nitrogens is 1. The molecule has 128 valence electrons. The molecule has 0 spiro atoms. The molecule has 0 amide bonds. The van der Waals surface area contributed by atoms with Crippen molar-refractivity contribution in [2.75, 3.05) is 25.0 Å². The van der Waals surface area contributed by atoms with Gasteiger partial charge in [0, 0.05) is 18.5 Å². The molecule has 3 rings (SSSR count). The highest BCUT2D eigenvalue weighted by Gasteiger charge is 2.28. The molecule has 1 atom stereocenters. The molecule has 1 aromatic carbocycles. The first-order valence-corrected chi connectivity index (χ1v) is 9.92. The molecule has 0 saturated carbocycles. The summed E-state index contributed by atoms with van der Waals surface area (Å²) in [6.45, 7) is 7.66. The van der Waals surface area contributed by atoms with Crippen molar-refractivity contribution in [1.29, 1.82) is 0 Å². The van der Waals surface area contributed by atoms with E-state index in [0.717, 1.165) is 12.2 Å². The average Bonchev–Trinajstić information content (AvgIpc) is 3.25. The topological polar surface area (TPSA) is 28.5 Å². The van der Waals surface area contributed by atoms with Crippen LogP contribution in [0.2, 0.25) is 0 Å².